The Kier molecular flexibility index (Phi) is 4.65. The van der Waals surface area contributed by atoms with Crippen LogP contribution in [0.25, 0.3) is 5.65 Å². The van der Waals surface area contributed by atoms with Crippen molar-refractivity contribution in [3.05, 3.63) is 34.7 Å². The second-order valence-corrected chi connectivity index (χ2v) is 5.24. The van der Waals surface area contributed by atoms with E-state index in [-0.39, 0.29) is 11.9 Å². The highest BCUT2D eigenvalue weighted by atomic mass is 35.5. The molecule has 2 aromatic rings. The molecule has 108 valence electrons. The summed E-state index contributed by atoms with van der Waals surface area (Å²) < 4.78 is 6.93. The molecule has 0 aromatic carbocycles. The van der Waals surface area contributed by atoms with Gasteiger partial charge in [0.15, 0.2) is 0 Å². The van der Waals surface area contributed by atoms with E-state index in [9.17, 15) is 4.79 Å². The van der Waals surface area contributed by atoms with Crippen LogP contribution in [0.5, 0.6) is 0 Å². The van der Waals surface area contributed by atoms with Crippen LogP contribution in [0, 0.1) is 0 Å². The van der Waals surface area contributed by atoms with Crippen molar-refractivity contribution in [3.8, 4) is 0 Å². The molecule has 20 heavy (non-hydrogen) atoms. The average Bonchev–Trinajstić information content (AvgIpc) is 2.82. The molecule has 0 fully saturated rings. The number of halogens is 1. The van der Waals surface area contributed by atoms with Gasteiger partial charge in [-0.3, -0.25) is 4.79 Å². The zero-order valence-electron chi connectivity index (χ0n) is 12.0. The van der Waals surface area contributed by atoms with Gasteiger partial charge in [0.05, 0.1) is 23.2 Å². The van der Waals surface area contributed by atoms with E-state index >= 15 is 0 Å². The molecule has 2 heterocycles. The van der Waals surface area contributed by atoms with E-state index in [1.165, 1.54) is 0 Å². The standard InChI is InChI=1S/C15H19ClN2O2/c1-4-6-11-7-12(16)8-18-9-13(17-14(11)18)10(3)15(19)20-5-2/h7-10H,4-6H2,1-3H3. The third-order valence-electron chi connectivity index (χ3n) is 3.22. The fraction of sp³-hybridized carbons (Fsp3) is 0.467. The maximum Gasteiger partial charge on any atom is 0.314 e. The SMILES string of the molecule is CCCc1cc(Cl)cn2cc(C(C)C(=O)OCC)nc12. The van der Waals surface area contributed by atoms with Crippen LogP contribution in [0.1, 0.15) is 44.4 Å². The van der Waals surface area contributed by atoms with Crippen LogP contribution in [0.2, 0.25) is 5.02 Å². The first-order valence-corrected chi connectivity index (χ1v) is 7.28. The van der Waals surface area contributed by atoms with Gasteiger partial charge in [-0.25, -0.2) is 4.98 Å². The molecule has 0 aliphatic rings. The summed E-state index contributed by atoms with van der Waals surface area (Å²) >= 11 is 6.12. The lowest BCUT2D eigenvalue weighted by atomic mass is 10.1. The van der Waals surface area contributed by atoms with Crippen LogP contribution in [0.15, 0.2) is 18.5 Å². The number of aryl methyl sites for hydroxylation is 1. The Balaban J connectivity index is 2.42. The number of ether oxygens (including phenoxy) is 1. The molecular formula is C15H19ClN2O2. The van der Waals surface area contributed by atoms with E-state index in [2.05, 4.69) is 11.9 Å². The normalized spacial score (nSPS) is 12.6. The molecule has 0 bridgehead atoms. The van der Waals surface area contributed by atoms with E-state index in [1.807, 2.05) is 22.9 Å². The Morgan fingerprint density at radius 1 is 1.45 bits per heavy atom. The topological polar surface area (TPSA) is 43.6 Å². The predicted octanol–water partition coefficient (Wildman–Crippen LogP) is 3.61. The second-order valence-electron chi connectivity index (χ2n) is 4.80. The Morgan fingerprint density at radius 3 is 2.85 bits per heavy atom. The fourth-order valence-corrected chi connectivity index (χ4v) is 2.44. The van der Waals surface area contributed by atoms with Crippen LogP contribution in [0.3, 0.4) is 0 Å². The number of nitrogens with zero attached hydrogens (tertiary/aromatic N) is 2. The lowest BCUT2D eigenvalue weighted by Crippen LogP contribution is -2.13. The third-order valence-corrected chi connectivity index (χ3v) is 3.42. The minimum atomic E-state index is -0.372. The first-order valence-electron chi connectivity index (χ1n) is 6.90. The first kappa shape index (κ1) is 14.9. The van der Waals surface area contributed by atoms with Crippen LogP contribution >= 0.6 is 11.6 Å². The number of rotatable bonds is 5. The van der Waals surface area contributed by atoms with Gasteiger partial charge < -0.3 is 9.14 Å². The quantitative estimate of drug-likeness (QED) is 0.791. The highest BCUT2D eigenvalue weighted by Gasteiger charge is 2.20. The van der Waals surface area contributed by atoms with Crippen LogP contribution in [0.4, 0.5) is 0 Å². The van der Waals surface area contributed by atoms with Crippen molar-refractivity contribution in [1.29, 1.82) is 0 Å². The number of hydrogen-bond donors (Lipinski definition) is 0. The zero-order valence-corrected chi connectivity index (χ0v) is 12.8. The molecule has 4 nitrogen and oxygen atoms in total. The molecule has 0 amide bonds. The number of imidazole rings is 1. The predicted molar refractivity (Wildman–Crippen MR) is 79.2 cm³/mol. The van der Waals surface area contributed by atoms with E-state index in [0.29, 0.717) is 17.3 Å². The molecule has 0 saturated heterocycles. The van der Waals surface area contributed by atoms with Gasteiger partial charge >= 0.3 is 5.97 Å². The van der Waals surface area contributed by atoms with Gasteiger partial charge in [-0.05, 0) is 31.9 Å². The van der Waals surface area contributed by atoms with Crippen molar-refractivity contribution in [2.45, 2.75) is 39.5 Å². The summed E-state index contributed by atoms with van der Waals surface area (Å²) in [4.78, 5) is 16.4. The van der Waals surface area contributed by atoms with Gasteiger partial charge in [0.1, 0.15) is 5.65 Å². The Bertz CT molecular complexity index is 622. The number of hydrogen-bond acceptors (Lipinski definition) is 3. The van der Waals surface area contributed by atoms with E-state index in [4.69, 9.17) is 16.3 Å². The highest BCUT2D eigenvalue weighted by molar-refractivity contribution is 6.30. The largest absolute Gasteiger partial charge is 0.465 e. The van der Waals surface area contributed by atoms with E-state index in [0.717, 1.165) is 24.1 Å². The molecule has 0 aliphatic heterocycles. The molecule has 0 N–H and O–H groups in total. The van der Waals surface area contributed by atoms with Crippen molar-refractivity contribution in [3.63, 3.8) is 0 Å². The molecule has 2 rings (SSSR count). The molecule has 1 atom stereocenters. The molecule has 0 saturated carbocycles. The monoisotopic (exact) mass is 294 g/mol. The number of carbonyl (C=O) groups excluding carboxylic acids is 1. The Labute approximate surface area is 123 Å². The molecule has 5 heteroatoms. The molecule has 2 aromatic heterocycles. The maximum atomic E-state index is 11.8. The van der Waals surface area contributed by atoms with E-state index in [1.54, 1.807) is 13.8 Å². The molecule has 1 unspecified atom stereocenters. The summed E-state index contributed by atoms with van der Waals surface area (Å²) in [5.74, 6) is -0.623. The number of fused-ring (bicyclic) bond motifs is 1. The van der Waals surface area contributed by atoms with Crippen molar-refractivity contribution >= 4 is 23.2 Å². The number of pyridine rings is 1. The van der Waals surface area contributed by atoms with Crippen LogP contribution in [-0.2, 0) is 16.0 Å². The highest BCUT2D eigenvalue weighted by Crippen LogP contribution is 2.22. The molecular weight excluding hydrogens is 276 g/mol. The van der Waals surface area contributed by atoms with Gasteiger partial charge in [-0.2, -0.15) is 0 Å². The summed E-state index contributed by atoms with van der Waals surface area (Å²) in [5, 5.41) is 0.675. The van der Waals surface area contributed by atoms with Gasteiger partial charge in [0, 0.05) is 12.4 Å². The molecule has 0 aliphatic carbocycles. The lowest BCUT2D eigenvalue weighted by Gasteiger charge is -2.06. The van der Waals surface area contributed by atoms with Crippen molar-refractivity contribution in [2.24, 2.45) is 0 Å². The lowest BCUT2D eigenvalue weighted by molar-refractivity contribution is -0.144. The Morgan fingerprint density at radius 2 is 2.20 bits per heavy atom. The number of carbonyl (C=O) groups is 1. The smallest absolute Gasteiger partial charge is 0.314 e. The van der Waals surface area contributed by atoms with Gasteiger partial charge in [-0.1, -0.05) is 24.9 Å². The maximum absolute atomic E-state index is 11.8. The molecule has 0 radical (unpaired) electrons. The second kappa shape index (κ2) is 6.27. The summed E-state index contributed by atoms with van der Waals surface area (Å²) in [6.45, 7) is 6.10. The van der Waals surface area contributed by atoms with E-state index < -0.39 is 0 Å². The van der Waals surface area contributed by atoms with Crippen molar-refractivity contribution in [2.75, 3.05) is 6.61 Å². The van der Waals surface area contributed by atoms with Crippen molar-refractivity contribution in [1.82, 2.24) is 9.38 Å². The van der Waals surface area contributed by atoms with Crippen LogP contribution < -0.4 is 0 Å². The van der Waals surface area contributed by atoms with Crippen LogP contribution in [-0.4, -0.2) is 22.0 Å². The average molecular weight is 295 g/mol. The number of esters is 1. The minimum Gasteiger partial charge on any atom is -0.465 e. The first-order chi connectivity index (χ1) is 9.56. The summed E-state index contributed by atoms with van der Waals surface area (Å²) in [6.07, 6.45) is 5.59. The fourth-order valence-electron chi connectivity index (χ4n) is 2.20. The summed E-state index contributed by atoms with van der Waals surface area (Å²) in [7, 11) is 0. The summed E-state index contributed by atoms with van der Waals surface area (Å²) in [5.41, 5.74) is 2.67. The molecule has 0 spiro atoms. The van der Waals surface area contributed by atoms with Gasteiger partial charge in [0.2, 0.25) is 0 Å². The van der Waals surface area contributed by atoms with Gasteiger partial charge in [-0.15, -0.1) is 0 Å². The zero-order chi connectivity index (χ0) is 14.7. The summed E-state index contributed by atoms with van der Waals surface area (Å²) in [6, 6.07) is 1.94. The van der Waals surface area contributed by atoms with Crippen molar-refractivity contribution < 1.29 is 9.53 Å². The van der Waals surface area contributed by atoms with Gasteiger partial charge in [0.25, 0.3) is 0 Å². The number of aromatic nitrogens is 2. The minimum absolute atomic E-state index is 0.251. The third kappa shape index (κ3) is 2.96. The Hall–Kier alpha value is -1.55.